The van der Waals surface area contributed by atoms with Crippen LogP contribution in [0.5, 0.6) is 0 Å². The van der Waals surface area contributed by atoms with Crippen molar-refractivity contribution in [1.82, 2.24) is 0 Å². The summed E-state index contributed by atoms with van der Waals surface area (Å²) in [6, 6.07) is 0. The molecule has 10 heteroatoms. The van der Waals surface area contributed by atoms with Gasteiger partial charge < -0.3 is 24.6 Å². The summed E-state index contributed by atoms with van der Waals surface area (Å²) in [4.78, 5) is 22.6. The highest BCUT2D eigenvalue weighted by Crippen LogP contribution is 2.43. The molecule has 3 N–H and O–H groups in total. The number of hydrogen-bond acceptors (Lipinski definition) is 8. The second kappa shape index (κ2) is 40.1. The number of ether oxygens (including phenoxy) is 2. The summed E-state index contributed by atoms with van der Waals surface area (Å²) in [5.74, 6) is -0.377. The quantitative estimate of drug-likeness (QED) is 0.0315. The number of hydrogen-bond donors (Lipinski definition) is 3. The third-order valence-corrected chi connectivity index (χ3v) is 10.7. The number of esters is 1. The minimum Gasteiger partial charge on any atom is -0.457 e. The van der Waals surface area contributed by atoms with Gasteiger partial charge in [0, 0.05) is 13.0 Å². The molecule has 0 amide bonds. The number of carbonyl (C=O) groups is 1. The lowest BCUT2D eigenvalue weighted by Crippen LogP contribution is -2.29. The van der Waals surface area contributed by atoms with Crippen LogP contribution in [0.4, 0.5) is 0 Å². The van der Waals surface area contributed by atoms with Crippen molar-refractivity contribution in [3.05, 3.63) is 0 Å². The lowest BCUT2D eigenvalue weighted by atomic mass is 10.0. The zero-order valence-corrected chi connectivity index (χ0v) is 35.0. The maximum Gasteiger partial charge on any atom is 0.472 e. The van der Waals surface area contributed by atoms with Crippen LogP contribution in [0.2, 0.25) is 0 Å². The van der Waals surface area contributed by atoms with Crippen molar-refractivity contribution >= 4 is 13.8 Å². The number of rotatable bonds is 43. The number of aliphatic hydroxyl groups is 2. The fourth-order valence-corrected chi connectivity index (χ4v) is 7.21. The third-order valence-electron chi connectivity index (χ3n) is 9.79. The van der Waals surface area contributed by atoms with Crippen LogP contribution >= 0.6 is 7.82 Å². The number of phosphoric acid groups is 1. The van der Waals surface area contributed by atoms with Crippen LogP contribution in [0, 0.1) is 0 Å². The van der Waals surface area contributed by atoms with Gasteiger partial charge in [-0.05, 0) is 12.8 Å². The molecule has 0 aromatic carbocycles. The first kappa shape index (κ1) is 51.5. The second-order valence-corrected chi connectivity index (χ2v) is 16.5. The Morgan fingerprint density at radius 1 is 0.519 bits per heavy atom. The van der Waals surface area contributed by atoms with E-state index in [0.717, 1.165) is 32.1 Å². The van der Waals surface area contributed by atoms with E-state index in [1.54, 1.807) is 0 Å². The van der Waals surface area contributed by atoms with Crippen LogP contribution in [-0.4, -0.2) is 66.3 Å². The molecule has 0 heterocycles. The maximum absolute atomic E-state index is 12.6. The number of aliphatic hydroxyl groups excluding tert-OH is 2. The lowest BCUT2D eigenvalue weighted by molar-refractivity contribution is -0.154. The van der Waals surface area contributed by atoms with Crippen molar-refractivity contribution in [2.75, 3.05) is 33.0 Å². The highest BCUT2D eigenvalue weighted by molar-refractivity contribution is 7.47. The highest BCUT2D eigenvalue weighted by Gasteiger charge is 2.26. The molecule has 9 nitrogen and oxygen atoms in total. The molecule has 3 atom stereocenters. The number of phosphoric ester groups is 1. The van der Waals surface area contributed by atoms with Gasteiger partial charge in [0.1, 0.15) is 12.2 Å². The van der Waals surface area contributed by atoms with Crippen LogP contribution in [0.3, 0.4) is 0 Å². The average Bonchev–Trinajstić information content (AvgIpc) is 3.13. The van der Waals surface area contributed by atoms with Crippen LogP contribution < -0.4 is 0 Å². The summed E-state index contributed by atoms with van der Waals surface area (Å²) in [6.07, 6.45) is 37.7. The van der Waals surface area contributed by atoms with Gasteiger partial charge in [-0.2, -0.15) is 0 Å². The van der Waals surface area contributed by atoms with Crippen molar-refractivity contribution in [2.45, 2.75) is 232 Å². The minimum absolute atomic E-state index is 0.0581. The summed E-state index contributed by atoms with van der Waals surface area (Å²) in [5.41, 5.74) is 0. The van der Waals surface area contributed by atoms with Gasteiger partial charge in [0.15, 0.2) is 0 Å². The van der Waals surface area contributed by atoms with E-state index in [4.69, 9.17) is 23.6 Å². The zero-order chi connectivity index (χ0) is 38.2. The van der Waals surface area contributed by atoms with Crippen molar-refractivity contribution < 1.29 is 43.0 Å². The predicted octanol–water partition coefficient (Wildman–Crippen LogP) is 11.9. The van der Waals surface area contributed by atoms with Gasteiger partial charge in [0.25, 0.3) is 0 Å². The Hall–Kier alpha value is -0.540. The van der Waals surface area contributed by atoms with Gasteiger partial charge in [-0.15, -0.1) is 0 Å². The zero-order valence-electron chi connectivity index (χ0n) is 34.1. The fraction of sp³-hybridized carbons (Fsp3) is 0.976. The molecule has 52 heavy (non-hydrogen) atoms. The summed E-state index contributed by atoms with van der Waals surface area (Å²) >= 11 is 0. The van der Waals surface area contributed by atoms with E-state index in [0.29, 0.717) is 6.61 Å². The first-order valence-corrected chi connectivity index (χ1v) is 23.5. The van der Waals surface area contributed by atoms with Crippen molar-refractivity contribution in [1.29, 1.82) is 0 Å². The molecule has 0 aliphatic heterocycles. The molecule has 0 saturated carbocycles. The Morgan fingerprint density at radius 2 is 0.865 bits per heavy atom. The first-order valence-electron chi connectivity index (χ1n) is 22.0. The summed E-state index contributed by atoms with van der Waals surface area (Å²) < 4.78 is 33.4. The summed E-state index contributed by atoms with van der Waals surface area (Å²) in [6.45, 7) is 3.57. The van der Waals surface area contributed by atoms with Crippen LogP contribution in [0.15, 0.2) is 0 Å². The molecule has 0 aromatic rings. The fourth-order valence-electron chi connectivity index (χ4n) is 6.42. The molecule has 0 aromatic heterocycles. The molecule has 0 saturated heterocycles. The van der Waals surface area contributed by atoms with Gasteiger partial charge in [-0.3, -0.25) is 13.8 Å². The standard InChI is InChI=1S/C42H85O9P/c1-3-5-7-9-11-13-15-17-19-20-21-23-25-27-29-31-33-35-48-38-41(39-50-52(46,47)49-37-40(44)36-43)51-42(45)34-32-30-28-26-24-22-18-16-14-12-10-8-6-4-2/h40-41,43-44H,3-39H2,1-2H3,(H,46,47). The van der Waals surface area contributed by atoms with E-state index < -0.39 is 33.2 Å². The van der Waals surface area contributed by atoms with Crippen molar-refractivity contribution in [3.63, 3.8) is 0 Å². The number of carbonyl (C=O) groups excluding carboxylic acids is 1. The van der Waals surface area contributed by atoms with Crippen LogP contribution in [0.1, 0.15) is 219 Å². The Labute approximate surface area is 320 Å². The Morgan fingerprint density at radius 3 is 1.25 bits per heavy atom. The normalized spacial score (nSPS) is 14.0. The van der Waals surface area contributed by atoms with Gasteiger partial charge in [-0.25, -0.2) is 4.57 Å². The molecule has 0 aliphatic carbocycles. The SMILES string of the molecule is CCCCCCCCCCCCCCCCCCCOCC(COP(=O)(O)OCC(O)CO)OC(=O)CCCCCCCCCCCCCCCC. The molecule has 0 rings (SSSR count). The second-order valence-electron chi connectivity index (χ2n) is 15.1. The lowest BCUT2D eigenvalue weighted by Gasteiger charge is -2.20. The van der Waals surface area contributed by atoms with Crippen molar-refractivity contribution in [3.8, 4) is 0 Å². The molecule has 0 bridgehead atoms. The monoisotopic (exact) mass is 765 g/mol. The third kappa shape index (κ3) is 39.2. The van der Waals surface area contributed by atoms with E-state index in [2.05, 4.69) is 13.8 Å². The largest absolute Gasteiger partial charge is 0.472 e. The minimum atomic E-state index is -4.51. The van der Waals surface area contributed by atoms with Gasteiger partial charge >= 0.3 is 13.8 Å². The van der Waals surface area contributed by atoms with E-state index >= 15 is 0 Å². The van der Waals surface area contributed by atoms with E-state index in [1.165, 1.54) is 167 Å². The van der Waals surface area contributed by atoms with E-state index in [1.807, 2.05) is 0 Å². The molecular weight excluding hydrogens is 679 g/mol. The van der Waals surface area contributed by atoms with Crippen LogP contribution in [0.25, 0.3) is 0 Å². The van der Waals surface area contributed by atoms with E-state index in [-0.39, 0.29) is 25.6 Å². The molecule has 0 radical (unpaired) electrons. The smallest absolute Gasteiger partial charge is 0.457 e. The van der Waals surface area contributed by atoms with Gasteiger partial charge in [-0.1, -0.05) is 200 Å². The molecule has 312 valence electrons. The summed E-state index contributed by atoms with van der Waals surface area (Å²) in [5, 5.41) is 18.3. The Kier molecular flexibility index (Phi) is 39.7. The van der Waals surface area contributed by atoms with Gasteiger partial charge in [0.05, 0.1) is 26.4 Å². The molecule has 0 spiro atoms. The van der Waals surface area contributed by atoms with Crippen LogP contribution in [-0.2, 0) is 27.9 Å². The van der Waals surface area contributed by atoms with Crippen molar-refractivity contribution in [2.24, 2.45) is 0 Å². The number of unbranched alkanes of at least 4 members (excludes halogenated alkanes) is 29. The molecule has 0 fully saturated rings. The summed E-state index contributed by atoms with van der Waals surface area (Å²) in [7, 11) is -4.51. The average molecular weight is 765 g/mol. The van der Waals surface area contributed by atoms with E-state index in [9.17, 15) is 19.4 Å². The molecular formula is C42H85O9P. The maximum atomic E-state index is 12.6. The molecule has 3 unspecified atom stereocenters. The highest BCUT2D eigenvalue weighted by atomic mass is 31.2. The van der Waals surface area contributed by atoms with Gasteiger partial charge in [0.2, 0.25) is 0 Å². The Bertz CT molecular complexity index is 785. The predicted molar refractivity (Wildman–Crippen MR) is 215 cm³/mol. The first-order chi connectivity index (χ1) is 25.3. The Balaban J connectivity index is 4.10. The molecule has 0 aliphatic rings. The topological polar surface area (TPSA) is 132 Å².